The lowest BCUT2D eigenvalue weighted by molar-refractivity contribution is 0.0466. The summed E-state index contributed by atoms with van der Waals surface area (Å²) in [6.45, 7) is 2.49. The lowest BCUT2D eigenvalue weighted by atomic mass is 10.2. The summed E-state index contributed by atoms with van der Waals surface area (Å²) in [4.78, 5) is 12.0. The smallest absolute Gasteiger partial charge is 0.338 e. The van der Waals surface area contributed by atoms with Gasteiger partial charge in [0.1, 0.15) is 12.4 Å². The average molecular weight is 275 g/mol. The Morgan fingerprint density at radius 1 is 1.40 bits per heavy atom. The molecule has 0 spiro atoms. The molecule has 1 heterocycles. The van der Waals surface area contributed by atoms with Gasteiger partial charge < -0.3 is 15.2 Å². The van der Waals surface area contributed by atoms with Crippen molar-refractivity contribution >= 4 is 11.7 Å². The number of nitrogen functional groups attached to an aromatic ring is 1. The first kappa shape index (κ1) is 13.9. The summed E-state index contributed by atoms with van der Waals surface area (Å²) in [5, 5.41) is 4.13. The first-order valence-electron chi connectivity index (χ1n) is 6.27. The fourth-order valence-corrected chi connectivity index (χ4v) is 1.75. The van der Waals surface area contributed by atoms with Crippen molar-refractivity contribution in [3.05, 3.63) is 41.7 Å². The number of ether oxygens (including phenoxy) is 2. The summed E-state index contributed by atoms with van der Waals surface area (Å²) in [5.74, 6) is 0.0983. The maximum Gasteiger partial charge on any atom is 0.338 e. The van der Waals surface area contributed by atoms with Crippen LogP contribution in [0.3, 0.4) is 0 Å². The van der Waals surface area contributed by atoms with Gasteiger partial charge in [-0.2, -0.15) is 5.10 Å². The molecule has 0 aliphatic heterocycles. The van der Waals surface area contributed by atoms with Gasteiger partial charge in [0.2, 0.25) is 0 Å². The molecule has 0 bridgehead atoms. The van der Waals surface area contributed by atoms with E-state index in [1.54, 1.807) is 42.2 Å². The molecule has 1 aromatic carbocycles. The molecule has 0 unspecified atom stereocenters. The normalized spacial score (nSPS) is 10.3. The minimum absolute atomic E-state index is 0.123. The molecule has 0 radical (unpaired) electrons. The topological polar surface area (TPSA) is 79.4 Å². The maximum absolute atomic E-state index is 12.0. The van der Waals surface area contributed by atoms with Gasteiger partial charge in [-0.05, 0) is 25.1 Å². The standard InChI is InChI=1S/C14H17N3O3/c1-3-19-13-7-10(6-11(15)8-13)14(18)20-9-12-4-5-17(2)16-12/h4-8H,3,9,15H2,1-2H3. The molecule has 0 saturated carbocycles. The molecule has 0 aliphatic rings. The second kappa shape index (κ2) is 6.10. The minimum Gasteiger partial charge on any atom is -0.494 e. The van der Waals surface area contributed by atoms with E-state index in [-0.39, 0.29) is 6.61 Å². The predicted molar refractivity (Wildman–Crippen MR) is 74.4 cm³/mol. The number of hydrogen-bond donors (Lipinski definition) is 1. The highest BCUT2D eigenvalue weighted by atomic mass is 16.5. The number of carbonyl (C=O) groups excluding carboxylic acids is 1. The molecule has 0 fully saturated rings. The van der Waals surface area contributed by atoms with E-state index < -0.39 is 5.97 Å². The Labute approximate surface area is 117 Å². The SMILES string of the molecule is CCOc1cc(N)cc(C(=O)OCc2ccn(C)n2)c1. The first-order valence-corrected chi connectivity index (χ1v) is 6.27. The number of aromatic nitrogens is 2. The molecule has 6 nitrogen and oxygen atoms in total. The molecular formula is C14H17N3O3. The summed E-state index contributed by atoms with van der Waals surface area (Å²) in [7, 11) is 1.80. The van der Waals surface area contributed by atoms with Gasteiger partial charge in [0.15, 0.2) is 0 Å². The van der Waals surface area contributed by atoms with Crippen LogP contribution in [0.2, 0.25) is 0 Å². The van der Waals surface area contributed by atoms with Crippen LogP contribution < -0.4 is 10.5 Å². The van der Waals surface area contributed by atoms with Crippen molar-refractivity contribution in [2.75, 3.05) is 12.3 Å². The van der Waals surface area contributed by atoms with Gasteiger partial charge in [-0.3, -0.25) is 4.68 Å². The second-order valence-electron chi connectivity index (χ2n) is 4.28. The van der Waals surface area contributed by atoms with E-state index in [0.29, 0.717) is 29.3 Å². The van der Waals surface area contributed by atoms with Crippen molar-refractivity contribution in [3.8, 4) is 5.75 Å². The average Bonchev–Trinajstić information content (AvgIpc) is 2.81. The fraction of sp³-hybridized carbons (Fsp3) is 0.286. The Bertz CT molecular complexity index is 607. The summed E-state index contributed by atoms with van der Waals surface area (Å²) in [6.07, 6.45) is 1.79. The van der Waals surface area contributed by atoms with Crippen LogP contribution in [-0.2, 0) is 18.4 Å². The summed E-state index contributed by atoms with van der Waals surface area (Å²) in [5.41, 5.74) is 7.25. The zero-order valence-electron chi connectivity index (χ0n) is 11.5. The van der Waals surface area contributed by atoms with Crippen molar-refractivity contribution in [2.45, 2.75) is 13.5 Å². The number of benzene rings is 1. The zero-order valence-corrected chi connectivity index (χ0v) is 11.5. The number of anilines is 1. The van der Waals surface area contributed by atoms with E-state index in [1.807, 2.05) is 6.92 Å². The molecule has 6 heteroatoms. The minimum atomic E-state index is -0.455. The van der Waals surface area contributed by atoms with Crippen molar-refractivity contribution < 1.29 is 14.3 Å². The lowest BCUT2D eigenvalue weighted by Crippen LogP contribution is -2.07. The highest BCUT2D eigenvalue weighted by Gasteiger charge is 2.11. The summed E-state index contributed by atoms with van der Waals surface area (Å²) < 4.78 is 12.2. The molecule has 20 heavy (non-hydrogen) atoms. The Morgan fingerprint density at radius 3 is 2.85 bits per heavy atom. The van der Waals surface area contributed by atoms with E-state index in [9.17, 15) is 4.79 Å². The largest absolute Gasteiger partial charge is 0.494 e. The Balaban J connectivity index is 2.04. The third-order valence-corrected chi connectivity index (χ3v) is 2.60. The third kappa shape index (κ3) is 3.50. The van der Waals surface area contributed by atoms with E-state index in [1.165, 1.54) is 0 Å². The Morgan fingerprint density at radius 2 is 2.20 bits per heavy atom. The van der Waals surface area contributed by atoms with Gasteiger partial charge >= 0.3 is 5.97 Å². The molecule has 2 aromatic rings. The van der Waals surface area contributed by atoms with Gasteiger partial charge in [-0.15, -0.1) is 0 Å². The van der Waals surface area contributed by atoms with Crippen molar-refractivity contribution in [2.24, 2.45) is 7.05 Å². The van der Waals surface area contributed by atoms with Gasteiger partial charge in [0.25, 0.3) is 0 Å². The summed E-state index contributed by atoms with van der Waals surface area (Å²) >= 11 is 0. The van der Waals surface area contributed by atoms with Gasteiger partial charge in [0, 0.05) is 25.0 Å². The molecule has 2 N–H and O–H groups in total. The number of rotatable bonds is 5. The van der Waals surface area contributed by atoms with E-state index in [4.69, 9.17) is 15.2 Å². The second-order valence-corrected chi connectivity index (χ2v) is 4.28. The zero-order chi connectivity index (χ0) is 14.5. The molecule has 0 aliphatic carbocycles. The molecule has 0 saturated heterocycles. The van der Waals surface area contributed by atoms with Gasteiger partial charge in [-0.25, -0.2) is 4.79 Å². The highest BCUT2D eigenvalue weighted by molar-refractivity contribution is 5.91. The van der Waals surface area contributed by atoms with Gasteiger partial charge in [-0.1, -0.05) is 0 Å². The van der Waals surface area contributed by atoms with Crippen molar-refractivity contribution in [1.82, 2.24) is 9.78 Å². The predicted octanol–water partition coefficient (Wildman–Crippen LogP) is 1.76. The number of esters is 1. The number of nitrogens with zero attached hydrogens (tertiary/aromatic N) is 2. The van der Waals surface area contributed by atoms with Crippen LogP contribution in [0.25, 0.3) is 0 Å². The number of carbonyl (C=O) groups is 1. The molecule has 0 atom stereocenters. The van der Waals surface area contributed by atoms with E-state index >= 15 is 0 Å². The fourth-order valence-electron chi connectivity index (χ4n) is 1.75. The van der Waals surface area contributed by atoms with Crippen LogP contribution in [0.15, 0.2) is 30.5 Å². The number of nitrogens with two attached hydrogens (primary N) is 1. The first-order chi connectivity index (χ1) is 9.58. The molecular weight excluding hydrogens is 258 g/mol. The molecule has 2 rings (SSSR count). The summed E-state index contributed by atoms with van der Waals surface area (Å²) in [6, 6.07) is 6.63. The van der Waals surface area contributed by atoms with Crippen molar-refractivity contribution in [3.63, 3.8) is 0 Å². The quantitative estimate of drug-likeness (QED) is 0.664. The van der Waals surface area contributed by atoms with Gasteiger partial charge in [0.05, 0.1) is 17.9 Å². The molecule has 0 amide bonds. The number of hydrogen-bond acceptors (Lipinski definition) is 5. The third-order valence-electron chi connectivity index (χ3n) is 2.60. The van der Waals surface area contributed by atoms with Crippen LogP contribution in [0.5, 0.6) is 5.75 Å². The van der Waals surface area contributed by atoms with E-state index in [2.05, 4.69) is 5.10 Å². The highest BCUT2D eigenvalue weighted by Crippen LogP contribution is 2.19. The monoisotopic (exact) mass is 275 g/mol. The Kier molecular flexibility index (Phi) is 4.24. The lowest BCUT2D eigenvalue weighted by Gasteiger charge is -2.08. The van der Waals surface area contributed by atoms with Crippen molar-refractivity contribution in [1.29, 1.82) is 0 Å². The van der Waals surface area contributed by atoms with Crippen LogP contribution in [0.1, 0.15) is 23.0 Å². The maximum atomic E-state index is 12.0. The van der Waals surface area contributed by atoms with Crippen LogP contribution >= 0.6 is 0 Å². The number of aryl methyl sites for hydroxylation is 1. The molecule has 1 aromatic heterocycles. The van der Waals surface area contributed by atoms with Crippen LogP contribution in [-0.4, -0.2) is 22.4 Å². The van der Waals surface area contributed by atoms with Crippen LogP contribution in [0, 0.1) is 0 Å². The van der Waals surface area contributed by atoms with Crippen LogP contribution in [0.4, 0.5) is 5.69 Å². The Hall–Kier alpha value is -2.50. The molecule has 106 valence electrons. The van der Waals surface area contributed by atoms with E-state index in [0.717, 1.165) is 0 Å².